The van der Waals surface area contributed by atoms with Gasteiger partial charge in [0.25, 0.3) is 0 Å². The lowest BCUT2D eigenvalue weighted by Crippen LogP contribution is -2.49. The van der Waals surface area contributed by atoms with Gasteiger partial charge in [0.1, 0.15) is 0 Å². The largest absolute Gasteiger partial charge is 0.354 e. The minimum atomic E-state index is -3.58. The molecule has 1 aromatic rings. The lowest BCUT2D eigenvalue weighted by molar-refractivity contribution is -0.121. The van der Waals surface area contributed by atoms with Crippen molar-refractivity contribution in [2.24, 2.45) is 5.73 Å². The van der Waals surface area contributed by atoms with E-state index in [1.165, 1.54) is 11.8 Å². The average Bonchev–Trinajstić information content (AvgIpc) is 2.60. The summed E-state index contributed by atoms with van der Waals surface area (Å²) < 4.78 is 27.8. The van der Waals surface area contributed by atoms with Gasteiger partial charge in [-0.15, -0.1) is 11.8 Å². The van der Waals surface area contributed by atoms with Crippen LogP contribution in [-0.2, 0) is 14.8 Å². The molecule has 1 fully saturated rings. The Hall–Kier alpha value is -1.09. The van der Waals surface area contributed by atoms with Crippen molar-refractivity contribution in [1.82, 2.24) is 9.62 Å². The fraction of sp³-hybridized carbons (Fsp3) is 0.562. The molecule has 1 unspecified atom stereocenters. The third-order valence-electron chi connectivity index (χ3n) is 4.14. The van der Waals surface area contributed by atoms with Crippen molar-refractivity contribution >= 4 is 27.7 Å². The van der Waals surface area contributed by atoms with Crippen LogP contribution in [0.4, 0.5) is 0 Å². The van der Waals surface area contributed by atoms with Crippen molar-refractivity contribution in [2.75, 3.05) is 25.9 Å². The SMILES string of the molecule is CSc1ccccc1S(=O)(=O)N1CCCCC1CNC(=O)CCN. The maximum absolute atomic E-state index is 13.1. The first kappa shape index (κ1) is 19.2. The predicted octanol–water partition coefficient (Wildman–Crippen LogP) is 1.42. The predicted molar refractivity (Wildman–Crippen MR) is 96.4 cm³/mol. The second-order valence-electron chi connectivity index (χ2n) is 5.76. The fourth-order valence-electron chi connectivity index (χ4n) is 2.90. The first-order chi connectivity index (χ1) is 11.5. The van der Waals surface area contributed by atoms with Gasteiger partial charge in [-0.25, -0.2) is 8.42 Å². The Kier molecular flexibility index (Phi) is 7.09. The van der Waals surface area contributed by atoms with Crippen LogP contribution < -0.4 is 11.1 Å². The minimum absolute atomic E-state index is 0.134. The highest BCUT2D eigenvalue weighted by molar-refractivity contribution is 7.99. The number of rotatable bonds is 7. The molecule has 1 saturated heterocycles. The molecule has 8 heteroatoms. The number of nitrogens with one attached hydrogen (secondary N) is 1. The van der Waals surface area contributed by atoms with Crippen LogP contribution in [0.15, 0.2) is 34.1 Å². The summed E-state index contributed by atoms with van der Waals surface area (Å²) in [6, 6.07) is 6.85. The summed E-state index contributed by atoms with van der Waals surface area (Å²) in [4.78, 5) is 12.7. The fourth-order valence-corrected chi connectivity index (χ4v) is 5.72. The van der Waals surface area contributed by atoms with E-state index < -0.39 is 10.0 Å². The van der Waals surface area contributed by atoms with Crippen LogP contribution in [0.5, 0.6) is 0 Å². The summed E-state index contributed by atoms with van der Waals surface area (Å²) >= 11 is 1.42. The van der Waals surface area contributed by atoms with Crippen LogP contribution >= 0.6 is 11.8 Å². The van der Waals surface area contributed by atoms with Crippen LogP contribution in [0.25, 0.3) is 0 Å². The highest BCUT2D eigenvalue weighted by atomic mass is 32.2. The number of thioether (sulfide) groups is 1. The van der Waals surface area contributed by atoms with E-state index in [1.807, 2.05) is 18.4 Å². The molecule has 0 aliphatic carbocycles. The molecule has 0 aromatic heterocycles. The van der Waals surface area contributed by atoms with Gasteiger partial charge in [0.2, 0.25) is 15.9 Å². The number of hydrogen-bond acceptors (Lipinski definition) is 5. The third-order valence-corrected chi connectivity index (χ3v) is 7.07. The minimum Gasteiger partial charge on any atom is -0.354 e. The number of benzene rings is 1. The number of piperidine rings is 1. The van der Waals surface area contributed by atoms with Gasteiger partial charge in [0, 0.05) is 37.0 Å². The zero-order chi connectivity index (χ0) is 17.6. The Morgan fingerprint density at radius 2 is 2.12 bits per heavy atom. The first-order valence-electron chi connectivity index (χ1n) is 8.12. The number of carbonyl (C=O) groups is 1. The molecule has 1 aromatic carbocycles. The molecule has 134 valence electrons. The molecule has 1 aliphatic heterocycles. The molecule has 1 heterocycles. The Morgan fingerprint density at radius 3 is 2.83 bits per heavy atom. The Bertz CT molecular complexity index is 664. The van der Waals surface area contributed by atoms with Crippen LogP contribution in [-0.4, -0.2) is 50.6 Å². The van der Waals surface area contributed by atoms with Crippen LogP contribution in [0.2, 0.25) is 0 Å². The molecule has 24 heavy (non-hydrogen) atoms. The van der Waals surface area contributed by atoms with E-state index >= 15 is 0 Å². The van der Waals surface area contributed by atoms with Crippen molar-refractivity contribution in [3.8, 4) is 0 Å². The summed E-state index contributed by atoms with van der Waals surface area (Å²) in [6.45, 7) is 1.11. The maximum atomic E-state index is 13.1. The van der Waals surface area contributed by atoms with Crippen LogP contribution in [0.3, 0.4) is 0 Å². The number of amides is 1. The monoisotopic (exact) mass is 371 g/mol. The quantitative estimate of drug-likeness (QED) is 0.707. The molecule has 0 bridgehead atoms. The van der Waals surface area contributed by atoms with E-state index in [2.05, 4.69) is 5.32 Å². The van der Waals surface area contributed by atoms with Crippen LogP contribution in [0.1, 0.15) is 25.7 Å². The molecule has 1 amide bonds. The Labute approximate surface area is 148 Å². The molecule has 0 radical (unpaired) electrons. The summed E-state index contributed by atoms with van der Waals surface area (Å²) in [5.41, 5.74) is 5.37. The van der Waals surface area contributed by atoms with Gasteiger partial charge in [-0.1, -0.05) is 18.6 Å². The molecule has 6 nitrogen and oxygen atoms in total. The number of nitrogens with two attached hydrogens (primary N) is 1. The molecule has 0 spiro atoms. The molecule has 3 N–H and O–H groups in total. The Morgan fingerprint density at radius 1 is 1.38 bits per heavy atom. The van der Waals surface area contributed by atoms with Crippen molar-refractivity contribution in [3.05, 3.63) is 24.3 Å². The Balaban J connectivity index is 2.20. The van der Waals surface area contributed by atoms with Gasteiger partial charge >= 0.3 is 0 Å². The van der Waals surface area contributed by atoms with E-state index in [1.54, 1.807) is 16.4 Å². The van der Waals surface area contributed by atoms with Gasteiger partial charge in [-0.3, -0.25) is 4.79 Å². The summed E-state index contributed by atoms with van der Waals surface area (Å²) in [7, 11) is -3.58. The summed E-state index contributed by atoms with van der Waals surface area (Å²) in [5, 5.41) is 2.81. The summed E-state index contributed by atoms with van der Waals surface area (Å²) in [6.07, 6.45) is 4.69. The van der Waals surface area contributed by atoms with Gasteiger partial charge < -0.3 is 11.1 Å². The maximum Gasteiger partial charge on any atom is 0.244 e. The highest BCUT2D eigenvalue weighted by Gasteiger charge is 2.34. The van der Waals surface area contributed by atoms with E-state index in [0.29, 0.717) is 24.5 Å². The molecule has 0 saturated carbocycles. The molecular weight excluding hydrogens is 346 g/mol. The second-order valence-corrected chi connectivity index (χ2v) is 8.47. The average molecular weight is 372 g/mol. The van der Waals surface area contributed by atoms with E-state index in [4.69, 9.17) is 5.73 Å². The number of nitrogens with zero attached hydrogens (tertiary/aromatic N) is 1. The smallest absolute Gasteiger partial charge is 0.244 e. The van der Waals surface area contributed by atoms with Gasteiger partial charge in [0.15, 0.2) is 0 Å². The van der Waals surface area contributed by atoms with E-state index in [-0.39, 0.29) is 18.4 Å². The lowest BCUT2D eigenvalue weighted by atomic mass is 10.1. The van der Waals surface area contributed by atoms with Gasteiger partial charge in [0.05, 0.1) is 4.90 Å². The van der Waals surface area contributed by atoms with E-state index in [9.17, 15) is 13.2 Å². The van der Waals surface area contributed by atoms with Crippen LogP contribution in [0, 0.1) is 0 Å². The van der Waals surface area contributed by atoms with Gasteiger partial charge in [-0.05, 0) is 31.2 Å². The zero-order valence-electron chi connectivity index (χ0n) is 13.9. The lowest BCUT2D eigenvalue weighted by Gasteiger charge is -2.35. The van der Waals surface area contributed by atoms with E-state index in [0.717, 1.165) is 24.2 Å². The van der Waals surface area contributed by atoms with Crippen molar-refractivity contribution in [2.45, 2.75) is 41.5 Å². The first-order valence-corrected chi connectivity index (χ1v) is 10.8. The molecule has 2 rings (SSSR count). The van der Waals surface area contributed by atoms with Crippen molar-refractivity contribution in [1.29, 1.82) is 0 Å². The highest BCUT2D eigenvalue weighted by Crippen LogP contribution is 2.30. The molecular formula is C16H25N3O3S2. The van der Waals surface area contributed by atoms with Gasteiger partial charge in [-0.2, -0.15) is 4.31 Å². The molecule has 1 aliphatic rings. The second kappa shape index (κ2) is 8.84. The van der Waals surface area contributed by atoms with Crippen molar-refractivity contribution < 1.29 is 13.2 Å². The topological polar surface area (TPSA) is 92.5 Å². The summed E-state index contributed by atoms with van der Waals surface area (Å²) in [5.74, 6) is -0.134. The number of sulfonamides is 1. The zero-order valence-corrected chi connectivity index (χ0v) is 15.5. The number of hydrogen-bond donors (Lipinski definition) is 2. The standard InChI is InChI=1S/C16H25N3O3S2/c1-23-14-7-2-3-8-15(14)24(21,22)19-11-5-4-6-13(19)12-18-16(20)9-10-17/h2-3,7-8,13H,4-6,9-12,17H2,1H3,(H,18,20). The normalized spacial score (nSPS) is 19.2. The van der Waals surface area contributed by atoms with Crippen molar-refractivity contribution in [3.63, 3.8) is 0 Å². The molecule has 1 atom stereocenters. The number of carbonyl (C=O) groups excluding carboxylic acids is 1. The third kappa shape index (κ3) is 4.50.